The highest BCUT2D eigenvalue weighted by molar-refractivity contribution is 5.73. The van der Waals surface area contributed by atoms with Crippen LogP contribution in [0.1, 0.15) is 25.3 Å². The molecule has 1 unspecified atom stereocenters. The van der Waals surface area contributed by atoms with Crippen molar-refractivity contribution in [2.75, 3.05) is 6.54 Å². The summed E-state index contributed by atoms with van der Waals surface area (Å²) in [5, 5.41) is 14.2. The number of rotatable bonds is 6. The van der Waals surface area contributed by atoms with Gasteiger partial charge in [-0.1, -0.05) is 6.92 Å². The standard InChI is InChI=1S/C13H18F2N2O2/c1-2-11(18)5-6-16-13(19)17-8-9-7-10(14)3-4-12(9)15/h3-4,7,11,18H,2,5-6,8H2,1H3,(H2,16,17,19). The van der Waals surface area contributed by atoms with Crippen molar-refractivity contribution in [3.05, 3.63) is 35.4 Å². The van der Waals surface area contributed by atoms with Crippen LogP contribution in [0.3, 0.4) is 0 Å². The molecular formula is C13H18F2N2O2. The van der Waals surface area contributed by atoms with Gasteiger partial charge in [0.15, 0.2) is 0 Å². The third-order valence-corrected chi connectivity index (χ3v) is 2.68. The minimum Gasteiger partial charge on any atom is -0.393 e. The van der Waals surface area contributed by atoms with Crippen LogP contribution in [-0.4, -0.2) is 23.8 Å². The van der Waals surface area contributed by atoms with E-state index < -0.39 is 23.8 Å². The fourth-order valence-corrected chi connectivity index (χ4v) is 1.47. The van der Waals surface area contributed by atoms with Crippen molar-refractivity contribution < 1.29 is 18.7 Å². The van der Waals surface area contributed by atoms with Crippen molar-refractivity contribution in [1.82, 2.24) is 10.6 Å². The lowest BCUT2D eigenvalue weighted by atomic mass is 10.2. The Morgan fingerprint density at radius 3 is 2.79 bits per heavy atom. The number of amides is 2. The van der Waals surface area contributed by atoms with Gasteiger partial charge in [0, 0.05) is 18.7 Å². The number of aliphatic hydroxyl groups is 1. The molecule has 19 heavy (non-hydrogen) atoms. The zero-order chi connectivity index (χ0) is 14.3. The molecule has 0 bridgehead atoms. The van der Waals surface area contributed by atoms with Crippen LogP contribution in [0.25, 0.3) is 0 Å². The first kappa shape index (κ1) is 15.4. The summed E-state index contributed by atoms with van der Waals surface area (Å²) in [6.07, 6.45) is 0.636. The van der Waals surface area contributed by atoms with Gasteiger partial charge in [-0.25, -0.2) is 13.6 Å². The number of aliphatic hydroxyl groups excluding tert-OH is 1. The van der Waals surface area contributed by atoms with E-state index in [0.717, 1.165) is 18.2 Å². The summed E-state index contributed by atoms with van der Waals surface area (Å²) < 4.78 is 26.1. The highest BCUT2D eigenvalue weighted by Crippen LogP contribution is 2.08. The first-order valence-corrected chi connectivity index (χ1v) is 6.16. The molecule has 0 aliphatic heterocycles. The molecule has 1 aromatic rings. The maximum Gasteiger partial charge on any atom is 0.315 e. The minimum atomic E-state index is -0.567. The molecule has 0 spiro atoms. The first-order valence-electron chi connectivity index (χ1n) is 6.16. The molecule has 0 aliphatic rings. The summed E-state index contributed by atoms with van der Waals surface area (Å²) in [7, 11) is 0. The SMILES string of the molecule is CCC(O)CCNC(=O)NCc1cc(F)ccc1F. The smallest absolute Gasteiger partial charge is 0.315 e. The summed E-state index contributed by atoms with van der Waals surface area (Å²) >= 11 is 0. The van der Waals surface area contributed by atoms with Gasteiger partial charge >= 0.3 is 6.03 Å². The van der Waals surface area contributed by atoms with Crippen LogP contribution in [-0.2, 0) is 6.54 Å². The summed E-state index contributed by atoms with van der Waals surface area (Å²) in [5.74, 6) is -1.12. The van der Waals surface area contributed by atoms with Crippen molar-refractivity contribution in [3.63, 3.8) is 0 Å². The van der Waals surface area contributed by atoms with E-state index in [-0.39, 0.29) is 12.1 Å². The molecule has 0 saturated carbocycles. The predicted octanol–water partition coefficient (Wildman–Crippen LogP) is 1.92. The molecule has 106 valence electrons. The molecule has 0 aliphatic carbocycles. The minimum absolute atomic E-state index is 0.0868. The zero-order valence-corrected chi connectivity index (χ0v) is 10.7. The number of hydrogen-bond acceptors (Lipinski definition) is 2. The van der Waals surface area contributed by atoms with E-state index >= 15 is 0 Å². The van der Waals surface area contributed by atoms with Crippen LogP contribution < -0.4 is 10.6 Å². The fourth-order valence-electron chi connectivity index (χ4n) is 1.47. The third kappa shape index (κ3) is 5.65. The Morgan fingerprint density at radius 1 is 1.37 bits per heavy atom. The van der Waals surface area contributed by atoms with Gasteiger partial charge in [0.1, 0.15) is 11.6 Å². The maximum absolute atomic E-state index is 13.3. The molecule has 0 heterocycles. The normalized spacial score (nSPS) is 12.0. The number of benzene rings is 1. The monoisotopic (exact) mass is 272 g/mol. The van der Waals surface area contributed by atoms with Gasteiger partial charge in [-0.15, -0.1) is 0 Å². The maximum atomic E-state index is 13.3. The molecule has 3 N–H and O–H groups in total. The summed E-state index contributed by atoms with van der Waals surface area (Å²) in [6.45, 7) is 2.08. The van der Waals surface area contributed by atoms with Gasteiger partial charge in [-0.2, -0.15) is 0 Å². The van der Waals surface area contributed by atoms with Crippen LogP contribution in [0.4, 0.5) is 13.6 Å². The topological polar surface area (TPSA) is 61.4 Å². The molecule has 0 saturated heterocycles. The lowest BCUT2D eigenvalue weighted by Crippen LogP contribution is -2.36. The Bertz CT molecular complexity index is 427. The van der Waals surface area contributed by atoms with E-state index in [0.29, 0.717) is 19.4 Å². The second-order valence-electron chi connectivity index (χ2n) is 4.20. The lowest BCUT2D eigenvalue weighted by Gasteiger charge is -2.10. The number of halogens is 2. The van der Waals surface area contributed by atoms with Gasteiger partial charge in [-0.3, -0.25) is 0 Å². The zero-order valence-electron chi connectivity index (χ0n) is 10.7. The molecule has 1 rings (SSSR count). The lowest BCUT2D eigenvalue weighted by molar-refractivity contribution is 0.160. The van der Waals surface area contributed by atoms with Gasteiger partial charge in [-0.05, 0) is 31.0 Å². The summed E-state index contributed by atoms with van der Waals surface area (Å²) in [4.78, 5) is 11.4. The van der Waals surface area contributed by atoms with Gasteiger partial charge < -0.3 is 15.7 Å². The van der Waals surface area contributed by atoms with E-state index in [1.54, 1.807) is 0 Å². The van der Waals surface area contributed by atoms with Crippen LogP contribution in [0.15, 0.2) is 18.2 Å². The fraction of sp³-hybridized carbons (Fsp3) is 0.462. The number of carbonyl (C=O) groups excluding carboxylic acids is 1. The number of carbonyl (C=O) groups is 1. The van der Waals surface area contributed by atoms with E-state index in [2.05, 4.69) is 10.6 Å². The van der Waals surface area contributed by atoms with E-state index in [9.17, 15) is 18.7 Å². The summed E-state index contributed by atoms with van der Waals surface area (Å²) in [6, 6.07) is 2.59. The molecule has 0 fully saturated rings. The molecular weight excluding hydrogens is 254 g/mol. The average molecular weight is 272 g/mol. The molecule has 0 aromatic heterocycles. The van der Waals surface area contributed by atoms with Crippen molar-refractivity contribution in [1.29, 1.82) is 0 Å². The molecule has 1 atom stereocenters. The van der Waals surface area contributed by atoms with Crippen molar-refractivity contribution in [2.24, 2.45) is 0 Å². The second-order valence-corrected chi connectivity index (χ2v) is 4.20. The quantitative estimate of drug-likeness (QED) is 0.741. The van der Waals surface area contributed by atoms with Crippen LogP contribution in [0.2, 0.25) is 0 Å². The van der Waals surface area contributed by atoms with Crippen molar-refractivity contribution in [3.8, 4) is 0 Å². The Labute approximate surface area is 110 Å². The van der Waals surface area contributed by atoms with Crippen molar-refractivity contribution >= 4 is 6.03 Å². The van der Waals surface area contributed by atoms with E-state index in [1.807, 2.05) is 6.92 Å². The Morgan fingerprint density at radius 2 is 2.11 bits per heavy atom. The predicted molar refractivity (Wildman–Crippen MR) is 67.5 cm³/mol. The van der Waals surface area contributed by atoms with E-state index in [4.69, 9.17) is 0 Å². The molecule has 0 radical (unpaired) electrons. The van der Waals surface area contributed by atoms with E-state index in [1.165, 1.54) is 0 Å². The Kier molecular flexibility index (Phi) is 6.21. The second kappa shape index (κ2) is 7.68. The number of urea groups is 1. The Hall–Kier alpha value is -1.69. The highest BCUT2D eigenvalue weighted by atomic mass is 19.1. The summed E-state index contributed by atoms with van der Waals surface area (Å²) in [5.41, 5.74) is 0.0868. The third-order valence-electron chi connectivity index (χ3n) is 2.68. The largest absolute Gasteiger partial charge is 0.393 e. The average Bonchev–Trinajstić information content (AvgIpc) is 2.39. The van der Waals surface area contributed by atoms with Crippen LogP contribution in [0, 0.1) is 11.6 Å². The number of nitrogens with one attached hydrogen (secondary N) is 2. The van der Waals surface area contributed by atoms with Crippen LogP contribution in [0.5, 0.6) is 0 Å². The molecule has 4 nitrogen and oxygen atoms in total. The molecule has 2 amide bonds. The van der Waals surface area contributed by atoms with Crippen molar-refractivity contribution in [2.45, 2.75) is 32.4 Å². The van der Waals surface area contributed by atoms with Gasteiger partial charge in [0.05, 0.1) is 6.10 Å². The molecule has 1 aromatic carbocycles. The van der Waals surface area contributed by atoms with Gasteiger partial charge in [0.2, 0.25) is 0 Å². The molecule has 6 heteroatoms. The van der Waals surface area contributed by atoms with Gasteiger partial charge in [0.25, 0.3) is 0 Å². The van der Waals surface area contributed by atoms with Crippen LogP contribution >= 0.6 is 0 Å². The first-order chi connectivity index (χ1) is 9.02. The number of hydrogen-bond donors (Lipinski definition) is 3. The highest BCUT2D eigenvalue weighted by Gasteiger charge is 2.06. The Balaban J connectivity index is 2.32.